The third-order valence-electron chi connectivity index (χ3n) is 3.08. The first-order valence-corrected chi connectivity index (χ1v) is 9.06. The van der Waals surface area contributed by atoms with Gasteiger partial charge in [0.25, 0.3) is 0 Å². The minimum absolute atomic E-state index is 0.261. The maximum Gasteiger partial charge on any atom is 0.244 e. The molecule has 0 amide bonds. The van der Waals surface area contributed by atoms with E-state index < -0.39 is 10.0 Å². The number of halogens is 2. The van der Waals surface area contributed by atoms with E-state index in [2.05, 4.69) is 36.8 Å². The average molecular weight is 398 g/mol. The Morgan fingerprint density at radius 3 is 2.89 bits per heavy atom. The Bertz CT molecular complexity index is 522. The van der Waals surface area contributed by atoms with E-state index >= 15 is 0 Å². The molecule has 0 radical (unpaired) electrons. The topological polar surface area (TPSA) is 50.3 Å². The smallest absolute Gasteiger partial charge is 0.244 e. The minimum Gasteiger partial charge on any atom is -0.262 e. The molecule has 1 aliphatic heterocycles. The second-order valence-electron chi connectivity index (χ2n) is 4.33. The highest BCUT2D eigenvalue weighted by molar-refractivity contribution is 9.10. The number of nitrogens with zero attached hydrogens (tertiary/aromatic N) is 2. The van der Waals surface area contributed by atoms with Crippen LogP contribution in [0.2, 0.25) is 0 Å². The van der Waals surface area contributed by atoms with Crippen molar-refractivity contribution in [2.75, 3.05) is 18.4 Å². The van der Waals surface area contributed by atoms with Crippen molar-refractivity contribution in [1.29, 1.82) is 0 Å². The highest BCUT2D eigenvalue weighted by Crippen LogP contribution is 2.27. The zero-order valence-corrected chi connectivity index (χ0v) is 13.7. The molecule has 100 valence electrons. The number of hydrogen-bond acceptors (Lipinski definition) is 3. The summed E-state index contributed by atoms with van der Waals surface area (Å²) < 4.78 is 27.0. The predicted octanol–water partition coefficient (Wildman–Crippen LogP) is 2.64. The van der Waals surface area contributed by atoms with Crippen molar-refractivity contribution in [3.8, 4) is 0 Å². The number of hydrogen-bond donors (Lipinski definition) is 0. The quantitative estimate of drug-likeness (QED) is 0.733. The zero-order valence-electron chi connectivity index (χ0n) is 9.72. The first-order valence-electron chi connectivity index (χ1n) is 5.70. The number of pyridine rings is 1. The molecule has 1 aromatic rings. The molecule has 0 bridgehead atoms. The van der Waals surface area contributed by atoms with Gasteiger partial charge in [-0.2, -0.15) is 4.31 Å². The van der Waals surface area contributed by atoms with Gasteiger partial charge >= 0.3 is 0 Å². The SMILES string of the molecule is O=S(=O)(c1cncc(Br)c1)N1CCC(CCBr)C1. The van der Waals surface area contributed by atoms with Crippen LogP contribution >= 0.6 is 31.9 Å². The fourth-order valence-electron chi connectivity index (χ4n) is 2.09. The molecule has 0 aliphatic carbocycles. The van der Waals surface area contributed by atoms with Crippen LogP contribution in [0.1, 0.15) is 12.8 Å². The standard InChI is InChI=1S/C11H14Br2N2O2S/c12-3-1-9-2-4-15(8-9)18(16,17)11-5-10(13)6-14-7-11/h5-7,9H,1-4,8H2. The van der Waals surface area contributed by atoms with E-state index in [0.29, 0.717) is 23.5 Å². The van der Waals surface area contributed by atoms with Gasteiger partial charge in [0.1, 0.15) is 4.90 Å². The number of aromatic nitrogens is 1. The third kappa shape index (κ3) is 3.12. The summed E-state index contributed by atoms with van der Waals surface area (Å²) in [7, 11) is -3.39. The Morgan fingerprint density at radius 1 is 1.44 bits per heavy atom. The van der Waals surface area contributed by atoms with Crippen molar-refractivity contribution in [2.45, 2.75) is 17.7 Å². The van der Waals surface area contributed by atoms with Crippen LogP contribution in [0.4, 0.5) is 0 Å². The molecule has 18 heavy (non-hydrogen) atoms. The Hall–Kier alpha value is 0.0200. The highest BCUT2D eigenvalue weighted by atomic mass is 79.9. The Labute approximate surface area is 124 Å². The monoisotopic (exact) mass is 396 g/mol. The summed E-state index contributed by atoms with van der Waals surface area (Å²) in [6.45, 7) is 1.22. The Kier molecular flexibility index (Phi) is 4.80. The van der Waals surface area contributed by atoms with Gasteiger partial charge in [0, 0.05) is 35.3 Å². The minimum atomic E-state index is -3.39. The lowest BCUT2D eigenvalue weighted by Gasteiger charge is -2.16. The lowest BCUT2D eigenvalue weighted by Crippen LogP contribution is -2.29. The summed E-state index contributed by atoms with van der Waals surface area (Å²) >= 11 is 6.65. The summed E-state index contributed by atoms with van der Waals surface area (Å²) in [4.78, 5) is 4.18. The molecule has 2 rings (SSSR count). The predicted molar refractivity (Wildman–Crippen MR) is 77.2 cm³/mol. The molecule has 0 aromatic carbocycles. The van der Waals surface area contributed by atoms with Gasteiger partial charge < -0.3 is 0 Å². The summed E-state index contributed by atoms with van der Waals surface area (Å²) in [5.41, 5.74) is 0. The van der Waals surface area contributed by atoms with Gasteiger partial charge in [0.05, 0.1) is 0 Å². The molecule has 1 fully saturated rings. The van der Waals surface area contributed by atoms with E-state index in [9.17, 15) is 8.42 Å². The number of sulfonamides is 1. The summed E-state index contributed by atoms with van der Waals surface area (Å²) in [6, 6.07) is 1.60. The van der Waals surface area contributed by atoms with Crippen molar-refractivity contribution < 1.29 is 8.42 Å². The second-order valence-corrected chi connectivity index (χ2v) is 7.98. The third-order valence-corrected chi connectivity index (χ3v) is 5.81. The second kappa shape index (κ2) is 5.98. The van der Waals surface area contributed by atoms with Crippen LogP contribution in [0.3, 0.4) is 0 Å². The molecule has 1 saturated heterocycles. The number of alkyl halides is 1. The molecular weight excluding hydrogens is 384 g/mol. The normalized spacial score (nSPS) is 21.3. The van der Waals surface area contributed by atoms with Crippen molar-refractivity contribution in [3.63, 3.8) is 0 Å². The molecule has 2 heterocycles. The van der Waals surface area contributed by atoms with Crippen LogP contribution in [-0.4, -0.2) is 36.1 Å². The molecule has 1 aliphatic rings. The fourth-order valence-corrected chi connectivity index (χ4v) is 4.77. The molecule has 7 heteroatoms. The van der Waals surface area contributed by atoms with Gasteiger partial charge in [-0.1, -0.05) is 15.9 Å². The van der Waals surface area contributed by atoms with E-state index in [0.717, 1.165) is 18.2 Å². The highest BCUT2D eigenvalue weighted by Gasteiger charge is 2.32. The van der Waals surface area contributed by atoms with Gasteiger partial charge in [-0.05, 0) is 40.8 Å². The molecular formula is C11H14Br2N2O2S. The van der Waals surface area contributed by atoms with E-state index in [1.54, 1.807) is 16.6 Å². The van der Waals surface area contributed by atoms with E-state index in [1.165, 1.54) is 6.20 Å². The van der Waals surface area contributed by atoms with Crippen LogP contribution < -0.4 is 0 Å². The summed E-state index contributed by atoms with van der Waals surface area (Å²) in [5.74, 6) is 0.458. The van der Waals surface area contributed by atoms with E-state index in [4.69, 9.17) is 0 Å². The molecule has 0 N–H and O–H groups in total. The van der Waals surface area contributed by atoms with Crippen molar-refractivity contribution in [1.82, 2.24) is 9.29 Å². The number of rotatable bonds is 4. The van der Waals surface area contributed by atoms with Crippen LogP contribution in [0.15, 0.2) is 27.8 Å². The fraction of sp³-hybridized carbons (Fsp3) is 0.545. The van der Waals surface area contributed by atoms with Crippen molar-refractivity contribution in [3.05, 3.63) is 22.9 Å². The van der Waals surface area contributed by atoms with E-state index in [1.807, 2.05) is 0 Å². The lowest BCUT2D eigenvalue weighted by atomic mass is 10.1. The van der Waals surface area contributed by atoms with Crippen molar-refractivity contribution in [2.24, 2.45) is 5.92 Å². The van der Waals surface area contributed by atoms with Gasteiger partial charge in [-0.25, -0.2) is 8.42 Å². The molecule has 1 atom stereocenters. The van der Waals surface area contributed by atoms with Crippen molar-refractivity contribution >= 4 is 41.9 Å². The summed E-state index contributed by atoms with van der Waals surface area (Å²) in [6.07, 6.45) is 4.93. The van der Waals surface area contributed by atoms with Gasteiger partial charge in [-0.15, -0.1) is 0 Å². The first-order chi connectivity index (χ1) is 8.54. The molecule has 1 aromatic heterocycles. The molecule has 4 nitrogen and oxygen atoms in total. The molecule has 1 unspecified atom stereocenters. The Balaban J connectivity index is 2.18. The van der Waals surface area contributed by atoms with Crippen LogP contribution in [0, 0.1) is 5.92 Å². The maximum absolute atomic E-state index is 12.4. The van der Waals surface area contributed by atoms with Gasteiger partial charge in [0.2, 0.25) is 10.0 Å². The van der Waals surface area contributed by atoms with Gasteiger partial charge in [-0.3, -0.25) is 4.98 Å². The largest absolute Gasteiger partial charge is 0.262 e. The first kappa shape index (κ1) is 14.4. The zero-order chi connectivity index (χ0) is 13.2. The molecule has 0 spiro atoms. The lowest BCUT2D eigenvalue weighted by molar-refractivity contribution is 0.454. The Morgan fingerprint density at radius 2 is 2.22 bits per heavy atom. The summed E-state index contributed by atoms with van der Waals surface area (Å²) in [5, 5.41) is 0.921. The van der Waals surface area contributed by atoms with E-state index in [-0.39, 0.29) is 4.90 Å². The average Bonchev–Trinajstić information content (AvgIpc) is 2.79. The molecule has 0 saturated carbocycles. The van der Waals surface area contributed by atoms with Gasteiger partial charge in [0.15, 0.2) is 0 Å². The van der Waals surface area contributed by atoms with Crippen LogP contribution in [0.5, 0.6) is 0 Å². The van der Waals surface area contributed by atoms with Crippen LogP contribution in [0.25, 0.3) is 0 Å². The maximum atomic E-state index is 12.4. The van der Waals surface area contributed by atoms with Crippen LogP contribution in [-0.2, 0) is 10.0 Å².